The van der Waals surface area contributed by atoms with E-state index >= 15 is 0 Å². The van der Waals surface area contributed by atoms with Gasteiger partial charge in [0.1, 0.15) is 16.0 Å². The maximum absolute atomic E-state index is 12.6. The number of phenolic OH excluding ortho intramolecular Hbond substituents is 1. The van der Waals surface area contributed by atoms with Crippen LogP contribution in [0.5, 0.6) is 5.75 Å². The lowest BCUT2D eigenvalue weighted by Crippen LogP contribution is -2.30. The molecule has 0 aliphatic rings. The smallest absolute Gasteiger partial charge is 0.272 e. The lowest BCUT2D eigenvalue weighted by molar-refractivity contribution is 0.102. The molecule has 0 saturated carbocycles. The van der Waals surface area contributed by atoms with Crippen molar-refractivity contribution in [1.82, 2.24) is 9.29 Å². The molecule has 7 nitrogen and oxygen atoms in total. The van der Waals surface area contributed by atoms with Gasteiger partial charge in [-0.15, -0.1) is 0 Å². The summed E-state index contributed by atoms with van der Waals surface area (Å²) >= 11 is 9.02. The van der Waals surface area contributed by atoms with Gasteiger partial charge in [0.2, 0.25) is 10.0 Å². The lowest BCUT2D eigenvalue weighted by Gasteiger charge is -2.19. The predicted octanol–water partition coefficient (Wildman–Crippen LogP) is 3.42. The maximum Gasteiger partial charge on any atom is 0.272 e. The van der Waals surface area contributed by atoms with E-state index in [1.807, 2.05) is 0 Å². The van der Waals surface area contributed by atoms with Gasteiger partial charge in [-0.2, -0.15) is 4.31 Å². The van der Waals surface area contributed by atoms with E-state index in [1.165, 1.54) is 28.6 Å². The van der Waals surface area contributed by atoms with Gasteiger partial charge in [-0.25, -0.2) is 8.42 Å². The highest BCUT2D eigenvalue weighted by Gasteiger charge is 2.23. The number of aromatic nitrogens is 1. The molecular weight excluding hydrogens is 434 g/mol. The van der Waals surface area contributed by atoms with Crippen LogP contribution in [0.4, 0.5) is 5.69 Å². The second-order valence-electron chi connectivity index (χ2n) is 5.07. The quantitative estimate of drug-likeness (QED) is 0.587. The Labute approximate surface area is 159 Å². The minimum atomic E-state index is -3.71. The fourth-order valence-corrected chi connectivity index (χ4v) is 4.17. The number of aromatic hydroxyl groups is 1. The van der Waals surface area contributed by atoms with Gasteiger partial charge in [0.25, 0.3) is 5.91 Å². The maximum atomic E-state index is 12.6. The van der Waals surface area contributed by atoms with Gasteiger partial charge in [-0.05, 0) is 40.2 Å². The van der Waals surface area contributed by atoms with Crippen LogP contribution < -0.4 is 5.32 Å². The number of halogens is 2. The zero-order valence-corrected chi connectivity index (χ0v) is 16.7. The van der Waals surface area contributed by atoms with Crippen molar-refractivity contribution in [3.63, 3.8) is 0 Å². The van der Waals surface area contributed by atoms with Crippen molar-refractivity contribution in [2.75, 3.05) is 18.4 Å². The van der Waals surface area contributed by atoms with Gasteiger partial charge < -0.3 is 15.4 Å². The van der Waals surface area contributed by atoms with E-state index in [9.17, 15) is 18.3 Å². The Morgan fingerprint density at radius 3 is 2.48 bits per heavy atom. The molecule has 0 spiro atoms. The number of phenols is 1. The van der Waals surface area contributed by atoms with Crippen LogP contribution >= 0.6 is 27.5 Å². The first kappa shape index (κ1) is 19.8. The molecule has 1 heterocycles. The third-order valence-electron chi connectivity index (χ3n) is 3.53. The Morgan fingerprint density at radius 1 is 1.32 bits per heavy atom. The number of benzene rings is 1. The summed E-state index contributed by atoms with van der Waals surface area (Å²) in [7, 11) is -3.71. The van der Waals surface area contributed by atoms with E-state index in [-0.39, 0.29) is 22.0 Å². The summed E-state index contributed by atoms with van der Waals surface area (Å²) in [6.45, 7) is 4.10. The fourth-order valence-electron chi connectivity index (χ4n) is 2.20. The Hall–Kier alpha value is -1.55. The van der Waals surface area contributed by atoms with Crippen LogP contribution in [0, 0.1) is 0 Å². The number of rotatable bonds is 6. The zero-order chi connectivity index (χ0) is 18.8. The summed E-state index contributed by atoms with van der Waals surface area (Å²) in [5.74, 6) is -0.816. The molecule has 1 aromatic carbocycles. The first-order chi connectivity index (χ1) is 11.7. The Bertz CT molecular complexity index is 875. The van der Waals surface area contributed by atoms with Gasteiger partial charge >= 0.3 is 0 Å². The number of carbonyl (C=O) groups excluding carboxylic acids is 1. The Balaban J connectivity index is 2.35. The molecule has 2 aromatic rings. The number of anilines is 1. The van der Waals surface area contributed by atoms with Crippen molar-refractivity contribution in [2.24, 2.45) is 0 Å². The number of carbonyl (C=O) groups is 1. The number of amides is 1. The first-order valence-corrected chi connectivity index (χ1v) is 10.00. The molecule has 2 rings (SSSR count). The topological polar surface area (TPSA) is 102 Å². The van der Waals surface area contributed by atoms with E-state index in [2.05, 4.69) is 26.2 Å². The largest absolute Gasteiger partial charge is 0.506 e. The number of sulfonamides is 1. The van der Waals surface area contributed by atoms with Crippen molar-refractivity contribution in [3.8, 4) is 5.75 Å². The molecule has 1 aromatic heterocycles. The van der Waals surface area contributed by atoms with Crippen molar-refractivity contribution in [1.29, 1.82) is 0 Å². The van der Waals surface area contributed by atoms with Crippen molar-refractivity contribution in [3.05, 3.63) is 39.6 Å². The predicted molar refractivity (Wildman–Crippen MR) is 99.7 cm³/mol. The summed E-state index contributed by atoms with van der Waals surface area (Å²) in [4.78, 5) is 15.0. The van der Waals surface area contributed by atoms with E-state index in [0.717, 1.165) is 0 Å². The van der Waals surface area contributed by atoms with E-state index in [0.29, 0.717) is 22.7 Å². The molecule has 0 unspecified atom stereocenters. The monoisotopic (exact) mass is 449 g/mol. The van der Waals surface area contributed by atoms with Gasteiger partial charge in [-0.1, -0.05) is 25.4 Å². The second-order valence-corrected chi connectivity index (χ2v) is 8.21. The summed E-state index contributed by atoms with van der Waals surface area (Å²) in [6, 6.07) is 5.15. The van der Waals surface area contributed by atoms with Gasteiger partial charge in [0.05, 0.1) is 15.6 Å². The van der Waals surface area contributed by atoms with Crippen LogP contribution in [-0.4, -0.2) is 41.8 Å². The van der Waals surface area contributed by atoms with Crippen molar-refractivity contribution >= 4 is 49.1 Å². The molecule has 25 heavy (non-hydrogen) atoms. The summed E-state index contributed by atoms with van der Waals surface area (Å²) in [5, 5.41) is 12.7. The average molecular weight is 451 g/mol. The third-order valence-corrected chi connectivity index (χ3v) is 6.73. The molecule has 0 bridgehead atoms. The molecule has 0 fully saturated rings. The van der Waals surface area contributed by atoms with Crippen LogP contribution in [0.1, 0.15) is 24.3 Å². The fraction of sp³-hybridized carbons (Fsp3) is 0.267. The van der Waals surface area contributed by atoms with Crippen LogP contribution in [0.15, 0.2) is 33.8 Å². The number of nitrogens with one attached hydrogen (secondary N) is 2. The van der Waals surface area contributed by atoms with E-state index in [4.69, 9.17) is 11.6 Å². The Kier molecular flexibility index (Phi) is 6.15. The van der Waals surface area contributed by atoms with Gasteiger partial charge in [0.15, 0.2) is 0 Å². The normalized spacial score (nSPS) is 11.7. The first-order valence-electron chi connectivity index (χ1n) is 7.39. The minimum absolute atomic E-state index is 0.0138. The van der Waals surface area contributed by atoms with Crippen LogP contribution in [0.2, 0.25) is 5.02 Å². The SMILES string of the molecule is CCN(CC)S(=O)(=O)c1ccc(O)c(NC(=O)c2cc(Cl)c(Br)[nH]2)c1. The molecule has 0 aliphatic carbocycles. The van der Waals surface area contributed by atoms with E-state index < -0.39 is 15.9 Å². The highest BCUT2D eigenvalue weighted by atomic mass is 79.9. The van der Waals surface area contributed by atoms with E-state index in [1.54, 1.807) is 13.8 Å². The second kappa shape index (κ2) is 7.77. The molecular formula is C15H17BrClN3O4S. The summed E-state index contributed by atoms with van der Waals surface area (Å²) in [6.07, 6.45) is 0. The molecule has 0 atom stereocenters. The molecule has 1 amide bonds. The molecule has 0 saturated heterocycles. The molecule has 136 valence electrons. The lowest BCUT2D eigenvalue weighted by atomic mass is 10.3. The number of nitrogens with zero attached hydrogens (tertiary/aromatic N) is 1. The van der Waals surface area contributed by atoms with Crippen LogP contribution in [0.25, 0.3) is 0 Å². The molecule has 0 aliphatic heterocycles. The standard InChI is InChI=1S/C15H17BrClN3O4S/c1-3-20(4-2)25(23,24)9-5-6-13(21)11(7-9)19-15(22)12-8-10(17)14(16)18-12/h5-8,18,21H,3-4H2,1-2H3,(H,19,22). The van der Waals surface area contributed by atoms with Gasteiger partial charge in [0, 0.05) is 13.1 Å². The minimum Gasteiger partial charge on any atom is -0.506 e. The van der Waals surface area contributed by atoms with Gasteiger partial charge in [-0.3, -0.25) is 4.79 Å². The number of aromatic amines is 1. The van der Waals surface area contributed by atoms with Crippen LogP contribution in [0.3, 0.4) is 0 Å². The van der Waals surface area contributed by atoms with Crippen molar-refractivity contribution in [2.45, 2.75) is 18.7 Å². The number of H-pyrrole nitrogens is 1. The number of hydrogen-bond acceptors (Lipinski definition) is 4. The highest BCUT2D eigenvalue weighted by Crippen LogP contribution is 2.29. The summed E-state index contributed by atoms with van der Waals surface area (Å²) < 4.78 is 26.9. The molecule has 10 heteroatoms. The van der Waals surface area contributed by atoms with Crippen molar-refractivity contribution < 1.29 is 18.3 Å². The Morgan fingerprint density at radius 2 is 1.96 bits per heavy atom. The third kappa shape index (κ3) is 4.17. The average Bonchev–Trinajstić information content (AvgIpc) is 2.89. The van der Waals surface area contributed by atoms with Crippen LogP contribution in [-0.2, 0) is 10.0 Å². The molecule has 3 N–H and O–H groups in total. The highest BCUT2D eigenvalue weighted by molar-refractivity contribution is 9.10. The summed E-state index contributed by atoms with van der Waals surface area (Å²) in [5.41, 5.74) is 0.147. The zero-order valence-electron chi connectivity index (χ0n) is 13.5. The number of hydrogen-bond donors (Lipinski definition) is 3. The molecule has 0 radical (unpaired) electrons.